The van der Waals surface area contributed by atoms with E-state index in [1.54, 1.807) is 0 Å². The van der Waals surface area contributed by atoms with Crippen molar-refractivity contribution >= 4 is 0 Å². The van der Waals surface area contributed by atoms with E-state index in [2.05, 4.69) is 15.7 Å². The highest BCUT2D eigenvalue weighted by atomic mass is 15.1. The van der Waals surface area contributed by atoms with Crippen molar-refractivity contribution in [2.75, 3.05) is 6.54 Å². The highest BCUT2D eigenvalue weighted by Gasteiger charge is 2.31. The van der Waals surface area contributed by atoms with Gasteiger partial charge in [-0.2, -0.15) is 0 Å². The van der Waals surface area contributed by atoms with Crippen LogP contribution in [0.5, 0.6) is 0 Å². The largest absolute Gasteiger partial charge is 0.332 e. The summed E-state index contributed by atoms with van der Waals surface area (Å²) in [6, 6.07) is 0.623. The molecule has 0 saturated heterocycles. The first-order chi connectivity index (χ1) is 5.83. The van der Waals surface area contributed by atoms with Gasteiger partial charge in [0.05, 0.1) is 0 Å². The van der Waals surface area contributed by atoms with Gasteiger partial charge < -0.3 is 10.3 Å². The molecule has 0 spiro atoms. The number of hydrogen-bond acceptors (Lipinski definition) is 2. The van der Waals surface area contributed by atoms with Crippen molar-refractivity contribution in [1.29, 1.82) is 0 Å². The molecule has 2 atom stereocenters. The summed E-state index contributed by atoms with van der Waals surface area (Å²) in [5, 5.41) is 0. The van der Waals surface area contributed by atoms with Gasteiger partial charge in [0.1, 0.15) is 5.82 Å². The second-order valence-electron chi connectivity index (χ2n) is 3.52. The molecule has 2 N–H and O–H groups in total. The molecule has 1 heterocycles. The number of nitrogens with two attached hydrogens (primary N) is 1. The van der Waals surface area contributed by atoms with Gasteiger partial charge in [-0.3, -0.25) is 0 Å². The number of hydrogen-bond donors (Lipinski definition) is 1. The third kappa shape index (κ3) is 1.05. The van der Waals surface area contributed by atoms with E-state index >= 15 is 0 Å². The van der Waals surface area contributed by atoms with Crippen molar-refractivity contribution in [3.63, 3.8) is 0 Å². The lowest BCUT2D eigenvalue weighted by Crippen LogP contribution is -2.34. The van der Waals surface area contributed by atoms with Gasteiger partial charge in [-0.15, -0.1) is 0 Å². The summed E-state index contributed by atoms with van der Waals surface area (Å²) in [5.41, 5.74) is 5.65. The van der Waals surface area contributed by atoms with Gasteiger partial charge >= 0.3 is 0 Å². The van der Waals surface area contributed by atoms with Gasteiger partial charge in [-0.05, 0) is 32.2 Å². The third-order valence-corrected chi connectivity index (χ3v) is 2.90. The Balaban J connectivity index is 2.15. The summed E-state index contributed by atoms with van der Waals surface area (Å²) < 4.78 is 2.25. The molecular weight excluding hydrogens is 150 g/mol. The standard InChI is InChI=1S/C9H15N3/c1-7-11-4-5-12(7)9-3-2-8(9)6-10/h4-5,8-9H,2-3,6,10H2,1H3. The van der Waals surface area contributed by atoms with Crippen LogP contribution in [-0.2, 0) is 0 Å². The minimum absolute atomic E-state index is 0.623. The van der Waals surface area contributed by atoms with Crippen molar-refractivity contribution in [2.24, 2.45) is 11.7 Å². The molecule has 3 heteroatoms. The zero-order chi connectivity index (χ0) is 8.55. The SMILES string of the molecule is Cc1nccn1C1CCC1CN. The second-order valence-corrected chi connectivity index (χ2v) is 3.52. The molecule has 1 fully saturated rings. The minimum atomic E-state index is 0.623. The predicted molar refractivity (Wildman–Crippen MR) is 47.8 cm³/mol. The fourth-order valence-corrected chi connectivity index (χ4v) is 1.93. The average Bonchev–Trinajstić information content (AvgIpc) is 2.36. The van der Waals surface area contributed by atoms with E-state index in [0.29, 0.717) is 12.0 Å². The van der Waals surface area contributed by atoms with E-state index in [9.17, 15) is 0 Å². The van der Waals surface area contributed by atoms with Gasteiger partial charge in [0, 0.05) is 18.4 Å². The Labute approximate surface area is 72.6 Å². The van der Waals surface area contributed by atoms with Gasteiger partial charge in [-0.25, -0.2) is 4.98 Å². The maximum Gasteiger partial charge on any atom is 0.105 e. The number of aryl methyl sites for hydroxylation is 1. The zero-order valence-electron chi connectivity index (χ0n) is 7.40. The Morgan fingerprint density at radius 1 is 1.67 bits per heavy atom. The summed E-state index contributed by atoms with van der Waals surface area (Å²) >= 11 is 0. The van der Waals surface area contributed by atoms with Crippen LogP contribution in [-0.4, -0.2) is 16.1 Å². The van der Waals surface area contributed by atoms with Crippen molar-refractivity contribution in [1.82, 2.24) is 9.55 Å². The first kappa shape index (κ1) is 7.80. The van der Waals surface area contributed by atoms with Crippen LogP contribution < -0.4 is 5.73 Å². The molecule has 0 radical (unpaired) electrons. The Morgan fingerprint density at radius 2 is 2.50 bits per heavy atom. The van der Waals surface area contributed by atoms with Crippen molar-refractivity contribution in [3.05, 3.63) is 18.2 Å². The molecular formula is C9H15N3. The summed E-state index contributed by atoms with van der Waals surface area (Å²) in [5.74, 6) is 1.79. The summed E-state index contributed by atoms with van der Waals surface area (Å²) in [4.78, 5) is 4.21. The maximum atomic E-state index is 5.65. The monoisotopic (exact) mass is 165 g/mol. The summed E-state index contributed by atoms with van der Waals surface area (Å²) in [7, 11) is 0. The Hall–Kier alpha value is -0.830. The lowest BCUT2D eigenvalue weighted by Gasteiger charge is -2.37. The summed E-state index contributed by atoms with van der Waals surface area (Å²) in [6.45, 7) is 2.86. The Morgan fingerprint density at radius 3 is 2.92 bits per heavy atom. The molecule has 1 aromatic heterocycles. The number of aromatic nitrogens is 2. The maximum absolute atomic E-state index is 5.65. The number of nitrogens with zero attached hydrogens (tertiary/aromatic N) is 2. The van der Waals surface area contributed by atoms with Crippen LogP contribution in [0.15, 0.2) is 12.4 Å². The number of rotatable bonds is 2. The summed E-state index contributed by atoms with van der Waals surface area (Å²) in [6.07, 6.45) is 6.46. The van der Waals surface area contributed by atoms with Crippen LogP contribution in [0.2, 0.25) is 0 Å². The van der Waals surface area contributed by atoms with Crippen LogP contribution in [0.1, 0.15) is 24.7 Å². The van der Waals surface area contributed by atoms with Crippen LogP contribution in [0.4, 0.5) is 0 Å². The van der Waals surface area contributed by atoms with Crippen LogP contribution in [0.25, 0.3) is 0 Å². The molecule has 2 rings (SSSR count). The van der Waals surface area contributed by atoms with Gasteiger partial charge in [-0.1, -0.05) is 0 Å². The minimum Gasteiger partial charge on any atom is -0.332 e. The van der Waals surface area contributed by atoms with Crippen molar-refractivity contribution in [2.45, 2.75) is 25.8 Å². The number of imidazole rings is 1. The molecule has 12 heavy (non-hydrogen) atoms. The van der Waals surface area contributed by atoms with E-state index in [1.165, 1.54) is 12.8 Å². The Bertz CT molecular complexity index is 264. The van der Waals surface area contributed by atoms with E-state index in [1.807, 2.05) is 13.1 Å². The fraction of sp³-hybridized carbons (Fsp3) is 0.667. The van der Waals surface area contributed by atoms with E-state index in [4.69, 9.17) is 5.73 Å². The van der Waals surface area contributed by atoms with Crippen molar-refractivity contribution < 1.29 is 0 Å². The van der Waals surface area contributed by atoms with Gasteiger partial charge in [0.15, 0.2) is 0 Å². The first-order valence-corrected chi connectivity index (χ1v) is 4.52. The topological polar surface area (TPSA) is 43.8 Å². The highest BCUT2D eigenvalue weighted by Crippen LogP contribution is 2.37. The van der Waals surface area contributed by atoms with E-state index in [-0.39, 0.29) is 0 Å². The molecule has 0 bridgehead atoms. The average molecular weight is 165 g/mol. The molecule has 2 unspecified atom stereocenters. The lowest BCUT2D eigenvalue weighted by molar-refractivity contribution is 0.186. The quantitative estimate of drug-likeness (QED) is 0.713. The zero-order valence-corrected chi connectivity index (χ0v) is 7.40. The van der Waals surface area contributed by atoms with Gasteiger partial charge in [0.2, 0.25) is 0 Å². The molecule has 0 amide bonds. The molecule has 1 aromatic rings. The fourth-order valence-electron chi connectivity index (χ4n) is 1.93. The predicted octanol–water partition coefficient (Wildman–Crippen LogP) is 1.10. The van der Waals surface area contributed by atoms with Crippen LogP contribution in [0.3, 0.4) is 0 Å². The normalized spacial score (nSPS) is 28.5. The molecule has 66 valence electrons. The lowest BCUT2D eigenvalue weighted by atomic mass is 9.79. The second kappa shape index (κ2) is 2.90. The molecule has 1 saturated carbocycles. The Kier molecular flexibility index (Phi) is 1.89. The first-order valence-electron chi connectivity index (χ1n) is 4.52. The van der Waals surface area contributed by atoms with E-state index < -0.39 is 0 Å². The third-order valence-electron chi connectivity index (χ3n) is 2.90. The van der Waals surface area contributed by atoms with Crippen LogP contribution in [0, 0.1) is 12.8 Å². The smallest absolute Gasteiger partial charge is 0.105 e. The molecule has 1 aliphatic carbocycles. The van der Waals surface area contributed by atoms with Gasteiger partial charge in [0.25, 0.3) is 0 Å². The van der Waals surface area contributed by atoms with Crippen molar-refractivity contribution in [3.8, 4) is 0 Å². The van der Waals surface area contributed by atoms with E-state index in [0.717, 1.165) is 12.4 Å². The molecule has 3 nitrogen and oxygen atoms in total. The molecule has 1 aliphatic rings. The molecule has 0 aliphatic heterocycles. The molecule has 0 aromatic carbocycles. The van der Waals surface area contributed by atoms with Crippen LogP contribution >= 0.6 is 0 Å². The highest BCUT2D eigenvalue weighted by molar-refractivity contribution is 4.97.